The molecule has 0 amide bonds. The van der Waals surface area contributed by atoms with Gasteiger partial charge in [-0.25, -0.2) is 4.79 Å². The van der Waals surface area contributed by atoms with Gasteiger partial charge >= 0.3 is 11.9 Å². The van der Waals surface area contributed by atoms with E-state index in [9.17, 15) is 9.59 Å². The van der Waals surface area contributed by atoms with E-state index in [4.69, 9.17) is 21.4 Å². The van der Waals surface area contributed by atoms with Crippen LogP contribution in [0.4, 0.5) is 0 Å². The molecule has 0 radical (unpaired) electrons. The monoisotopic (exact) mass is 240 g/mol. The van der Waals surface area contributed by atoms with Crippen LogP contribution >= 0.6 is 11.6 Å². The molecule has 0 saturated carbocycles. The zero-order valence-electron chi connectivity index (χ0n) is 8.44. The Morgan fingerprint density at radius 2 is 2.12 bits per heavy atom. The Morgan fingerprint density at radius 3 is 2.62 bits per heavy atom. The van der Waals surface area contributed by atoms with Crippen LogP contribution in [-0.4, -0.2) is 17.0 Å². The average molecular weight is 241 g/mol. The first-order chi connectivity index (χ1) is 7.49. The lowest BCUT2D eigenvalue weighted by molar-refractivity contribution is -0.132. The molecule has 0 spiro atoms. The van der Waals surface area contributed by atoms with Gasteiger partial charge in [-0.15, -0.1) is 0 Å². The van der Waals surface area contributed by atoms with E-state index in [-0.39, 0.29) is 10.8 Å². The molecule has 1 aromatic rings. The van der Waals surface area contributed by atoms with Gasteiger partial charge in [-0.3, -0.25) is 4.79 Å². The highest BCUT2D eigenvalue weighted by atomic mass is 35.5. The Labute approximate surface area is 97.1 Å². The van der Waals surface area contributed by atoms with Crippen LogP contribution in [0.1, 0.15) is 12.5 Å². The molecule has 84 valence electrons. The van der Waals surface area contributed by atoms with Gasteiger partial charge in [0.2, 0.25) is 0 Å². The molecule has 0 unspecified atom stereocenters. The largest absolute Gasteiger partial charge is 0.478 e. The highest BCUT2D eigenvalue weighted by molar-refractivity contribution is 6.32. The van der Waals surface area contributed by atoms with Gasteiger partial charge in [-0.2, -0.15) is 0 Å². The normalized spacial score (nSPS) is 10.4. The van der Waals surface area contributed by atoms with E-state index in [1.54, 1.807) is 6.07 Å². The number of carboxylic acid groups (broad SMARTS) is 1. The molecule has 0 aromatic heterocycles. The van der Waals surface area contributed by atoms with Crippen LogP contribution in [0.25, 0.3) is 6.08 Å². The third kappa shape index (κ3) is 3.74. The predicted octanol–water partition coefficient (Wildman–Crippen LogP) is 2.36. The second-order valence-corrected chi connectivity index (χ2v) is 3.36. The van der Waals surface area contributed by atoms with Crippen molar-refractivity contribution in [3.8, 4) is 5.75 Å². The first kappa shape index (κ1) is 12.3. The lowest BCUT2D eigenvalue weighted by Crippen LogP contribution is -2.01. The molecule has 0 aliphatic heterocycles. The van der Waals surface area contributed by atoms with Gasteiger partial charge in [-0.1, -0.05) is 17.7 Å². The summed E-state index contributed by atoms with van der Waals surface area (Å²) in [6, 6.07) is 4.62. The molecule has 0 atom stereocenters. The summed E-state index contributed by atoms with van der Waals surface area (Å²) in [5.41, 5.74) is 0.614. The number of esters is 1. The van der Waals surface area contributed by atoms with Crippen molar-refractivity contribution in [1.29, 1.82) is 0 Å². The van der Waals surface area contributed by atoms with E-state index >= 15 is 0 Å². The van der Waals surface area contributed by atoms with E-state index in [0.717, 1.165) is 6.08 Å². The van der Waals surface area contributed by atoms with Crippen LogP contribution in [-0.2, 0) is 9.59 Å². The predicted molar refractivity (Wildman–Crippen MR) is 59.4 cm³/mol. The van der Waals surface area contributed by atoms with Crippen molar-refractivity contribution < 1.29 is 19.4 Å². The van der Waals surface area contributed by atoms with Crippen LogP contribution in [0, 0.1) is 0 Å². The summed E-state index contributed by atoms with van der Waals surface area (Å²) in [5.74, 6) is -1.25. The zero-order valence-corrected chi connectivity index (χ0v) is 9.19. The lowest BCUT2D eigenvalue weighted by Gasteiger charge is -2.04. The summed E-state index contributed by atoms with van der Waals surface area (Å²) in [7, 11) is 0. The Balaban J connectivity index is 2.90. The van der Waals surface area contributed by atoms with Gasteiger partial charge in [-0.05, 0) is 23.8 Å². The van der Waals surface area contributed by atoms with E-state index in [0.29, 0.717) is 5.56 Å². The van der Waals surface area contributed by atoms with E-state index < -0.39 is 11.9 Å². The van der Waals surface area contributed by atoms with Gasteiger partial charge < -0.3 is 9.84 Å². The van der Waals surface area contributed by atoms with E-state index in [2.05, 4.69) is 0 Å². The average Bonchev–Trinajstić information content (AvgIpc) is 2.18. The zero-order chi connectivity index (χ0) is 12.1. The fourth-order valence-corrected chi connectivity index (χ4v) is 1.25. The molecule has 0 saturated heterocycles. The molecule has 0 heterocycles. The molecule has 5 heteroatoms. The maximum atomic E-state index is 10.7. The van der Waals surface area contributed by atoms with Gasteiger partial charge in [0, 0.05) is 13.0 Å². The molecule has 0 aliphatic rings. The number of hydrogen-bond donors (Lipinski definition) is 1. The molecule has 1 N–H and O–H groups in total. The fraction of sp³-hybridized carbons (Fsp3) is 0.0909. The van der Waals surface area contributed by atoms with Gasteiger partial charge in [0.25, 0.3) is 0 Å². The highest BCUT2D eigenvalue weighted by Gasteiger charge is 2.04. The minimum atomic E-state index is -1.04. The highest BCUT2D eigenvalue weighted by Crippen LogP contribution is 2.26. The van der Waals surface area contributed by atoms with Crippen molar-refractivity contribution in [2.24, 2.45) is 0 Å². The second kappa shape index (κ2) is 5.32. The van der Waals surface area contributed by atoms with Crippen molar-refractivity contribution in [3.63, 3.8) is 0 Å². The second-order valence-electron chi connectivity index (χ2n) is 2.96. The summed E-state index contributed by atoms with van der Waals surface area (Å²) in [4.78, 5) is 21.0. The van der Waals surface area contributed by atoms with E-state index in [1.165, 1.54) is 25.1 Å². The van der Waals surface area contributed by atoms with Gasteiger partial charge in [0.1, 0.15) is 5.75 Å². The third-order valence-electron chi connectivity index (χ3n) is 1.63. The number of hydrogen-bond acceptors (Lipinski definition) is 3. The van der Waals surface area contributed by atoms with Crippen molar-refractivity contribution in [1.82, 2.24) is 0 Å². The maximum absolute atomic E-state index is 10.7. The quantitative estimate of drug-likeness (QED) is 0.500. The summed E-state index contributed by atoms with van der Waals surface area (Å²) < 4.78 is 4.81. The molecule has 1 rings (SSSR count). The standard InChI is InChI=1S/C11H9ClO4/c1-7(13)16-10-4-2-8(6-9(10)12)3-5-11(14)15/h2-6H,1H3,(H,14,15)/b5-3+. The lowest BCUT2D eigenvalue weighted by atomic mass is 10.2. The molecular weight excluding hydrogens is 232 g/mol. The number of carboxylic acids is 1. The minimum absolute atomic E-state index is 0.252. The fourth-order valence-electron chi connectivity index (χ4n) is 1.03. The Hall–Kier alpha value is -1.81. The smallest absolute Gasteiger partial charge is 0.328 e. The maximum Gasteiger partial charge on any atom is 0.328 e. The number of carbonyl (C=O) groups excluding carboxylic acids is 1. The number of benzene rings is 1. The van der Waals surface area contributed by atoms with Crippen molar-refractivity contribution >= 4 is 29.6 Å². The van der Waals surface area contributed by atoms with Crippen LogP contribution in [0.5, 0.6) is 5.75 Å². The van der Waals surface area contributed by atoms with Crippen LogP contribution < -0.4 is 4.74 Å². The van der Waals surface area contributed by atoms with Crippen LogP contribution in [0.2, 0.25) is 5.02 Å². The van der Waals surface area contributed by atoms with Crippen molar-refractivity contribution in [3.05, 3.63) is 34.9 Å². The first-order valence-electron chi connectivity index (χ1n) is 4.38. The molecule has 1 aromatic carbocycles. The topological polar surface area (TPSA) is 63.6 Å². The first-order valence-corrected chi connectivity index (χ1v) is 4.76. The van der Waals surface area contributed by atoms with Crippen LogP contribution in [0.15, 0.2) is 24.3 Å². The third-order valence-corrected chi connectivity index (χ3v) is 1.92. The minimum Gasteiger partial charge on any atom is -0.478 e. The molecule has 0 aliphatic carbocycles. The molecule has 0 fully saturated rings. The number of rotatable bonds is 3. The number of ether oxygens (including phenoxy) is 1. The molecule has 4 nitrogen and oxygen atoms in total. The molecule has 0 bridgehead atoms. The van der Waals surface area contributed by atoms with E-state index in [1.807, 2.05) is 0 Å². The van der Waals surface area contributed by atoms with Crippen molar-refractivity contribution in [2.75, 3.05) is 0 Å². The number of carbonyl (C=O) groups is 2. The molecule has 16 heavy (non-hydrogen) atoms. The number of aliphatic carboxylic acids is 1. The Bertz CT molecular complexity index is 451. The van der Waals surface area contributed by atoms with Gasteiger partial charge in [0.15, 0.2) is 0 Å². The Morgan fingerprint density at radius 1 is 1.44 bits per heavy atom. The summed E-state index contributed by atoms with van der Waals surface area (Å²) >= 11 is 5.83. The summed E-state index contributed by atoms with van der Waals surface area (Å²) in [5, 5.41) is 8.68. The number of halogens is 1. The van der Waals surface area contributed by atoms with Gasteiger partial charge in [0.05, 0.1) is 5.02 Å². The summed E-state index contributed by atoms with van der Waals surface area (Å²) in [6.45, 7) is 1.27. The van der Waals surface area contributed by atoms with Crippen LogP contribution in [0.3, 0.4) is 0 Å². The SMILES string of the molecule is CC(=O)Oc1ccc(/C=C/C(=O)O)cc1Cl. The molecular formula is C11H9ClO4. The van der Waals surface area contributed by atoms with Crippen molar-refractivity contribution in [2.45, 2.75) is 6.92 Å². The summed E-state index contributed by atoms with van der Waals surface area (Å²) in [6.07, 6.45) is 2.39. The Kier molecular flexibility index (Phi) is 4.08.